The largest absolute Gasteiger partial charge is 0.297 e. The Labute approximate surface area is 221 Å². The summed E-state index contributed by atoms with van der Waals surface area (Å²) in [6.07, 6.45) is 1.83. The first-order chi connectivity index (χ1) is 18.1. The van der Waals surface area contributed by atoms with Gasteiger partial charge in [-0.3, -0.25) is 9.48 Å². The molecule has 8 heteroatoms. The van der Waals surface area contributed by atoms with E-state index in [4.69, 9.17) is 10.1 Å². The van der Waals surface area contributed by atoms with Gasteiger partial charge in [0.1, 0.15) is 0 Å². The van der Waals surface area contributed by atoms with E-state index in [2.05, 4.69) is 35.7 Å². The summed E-state index contributed by atoms with van der Waals surface area (Å²) in [5.41, 5.74) is 4.80. The molecule has 3 aromatic heterocycles. The van der Waals surface area contributed by atoms with Crippen molar-refractivity contribution in [2.45, 2.75) is 6.92 Å². The van der Waals surface area contributed by atoms with Crippen molar-refractivity contribution in [2.24, 2.45) is 17.1 Å². The van der Waals surface area contributed by atoms with Gasteiger partial charge in [-0.25, -0.2) is 14.4 Å². The second kappa shape index (κ2) is 9.65. The van der Waals surface area contributed by atoms with Gasteiger partial charge in [0.2, 0.25) is 4.80 Å². The maximum Gasteiger partial charge on any atom is 0.297 e. The highest BCUT2D eigenvalue weighted by Gasteiger charge is 2.17. The fourth-order valence-electron chi connectivity index (χ4n) is 4.37. The van der Waals surface area contributed by atoms with E-state index in [1.54, 1.807) is 16.0 Å². The van der Waals surface area contributed by atoms with E-state index in [0.717, 1.165) is 39.0 Å². The molecule has 6 rings (SSSR count). The van der Waals surface area contributed by atoms with E-state index in [1.165, 1.54) is 11.3 Å². The fraction of sp³-hybridized carbons (Fsp3) is 0.0690. The zero-order valence-corrected chi connectivity index (χ0v) is 21.9. The molecule has 0 unspecified atom stereocenters. The Balaban J connectivity index is 1.58. The van der Waals surface area contributed by atoms with Crippen LogP contribution in [0.15, 0.2) is 110 Å². The van der Waals surface area contributed by atoms with E-state index >= 15 is 0 Å². The molecule has 3 aromatic carbocycles. The highest BCUT2D eigenvalue weighted by Crippen LogP contribution is 2.29. The van der Waals surface area contributed by atoms with Crippen LogP contribution in [0.2, 0.25) is 0 Å². The molecule has 0 saturated heterocycles. The van der Waals surface area contributed by atoms with Crippen LogP contribution in [-0.2, 0) is 7.05 Å². The van der Waals surface area contributed by atoms with Gasteiger partial charge >= 0.3 is 0 Å². The minimum atomic E-state index is -0.167. The molecule has 6 nitrogen and oxygen atoms in total. The monoisotopic (exact) mass is 521 g/mol. The Kier molecular flexibility index (Phi) is 6.04. The van der Waals surface area contributed by atoms with Crippen LogP contribution >= 0.6 is 22.7 Å². The van der Waals surface area contributed by atoms with Crippen molar-refractivity contribution in [1.29, 1.82) is 0 Å². The normalized spacial score (nSPS) is 12.2. The average molecular weight is 522 g/mol. The van der Waals surface area contributed by atoms with Crippen molar-refractivity contribution in [1.82, 2.24) is 14.0 Å². The molecule has 6 aromatic rings. The lowest BCUT2D eigenvalue weighted by Crippen LogP contribution is -2.19. The van der Waals surface area contributed by atoms with E-state index in [0.29, 0.717) is 10.5 Å². The van der Waals surface area contributed by atoms with Crippen molar-refractivity contribution in [2.75, 3.05) is 0 Å². The quantitative estimate of drug-likeness (QED) is 0.244. The summed E-state index contributed by atoms with van der Waals surface area (Å²) in [5, 5.41) is 13.2. The summed E-state index contributed by atoms with van der Waals surface area (Å²) in [6, 6.07) is 26.2. The van der Waals surface area contributed by atoms with Crippen LogP contribution in [0.5, 0.6) is 0 Å². The van der Waals surface area contributed by atoms with Gasteiger partial charge in [0.25, 0.3) is 5.56 Å². The van der Waals surface area contributed by atoms with Crippen LogP contribution in [0, 0.1) is 6.92 Å². The lowest BCUT2D eigenvalue weighted by molar-refractivity contribution is 0.630. The molecule has 0 N–H and O–H groups in total. The van der Waals surface area contributed by atoms with Crippen LogP contribution in [0.25, 0.3) is 27.7 Å². The van der Waals surface area contributed by atoms with E-state index < -0.39 is 0 Å². The highest BCUT2D eigenvalue weighted by atomic mass is 32.1. The molecule has 0 bridgehead atoms. The molecular formula is C29H23N5OS2. The number of rotatable bonds is 5. The Morgan fingerprint density at radius 3 is 2.49 bits per heavy atom. The summed E-state index contributed by atoms with van der Waals surface area (Å²) in [5.74, 6) is 0. The zero-order chi connectivity index (χ0) is 25.4. The van der Waals surface area contributed by atoms with Crippen LogP contribution in [0.1, 0.15) is 11.3 Å². The number of thiazole rings is 1. The number of hydrogen-bond acceptors (Lipinski definition) is 5. The summed E-state index contributed by atoms with van der Waals surface area (Å²) in [4.78, 5) is 19.0. The Morgan fingerprint density at radius 2 is 1.68 bits per heavy atom. The SMILES string of the molecule is Cc1c(N=c2scc(-c3cccc4ccccc34)n2N=Cc2ccsc2)c(=O)n(-c2ccccc2)n1C. The van der Waals surface area contributed by atoms with Crippen LogP contribution in [0.3, 0.4) is 0 Å². The Bertz CT molecular complexity index is 1860. The first kappa shape index (κ1) is 23.1. The molecule has 0 aliphatic carbocycles. The summed E-state index contributed by atoms with van der Waals surface area (Å²) < 4.78 is 5.32. The third kappa shape index (κ3) is 4.20. The predicted octanol–water partition coefficient (Wildman–Crippen LogP) is 6.34. The lowest BCUT2D eigenvalue weighted by Gasteiger charge is -2.07. The molecule has 37 heavy (non-hydrogen) atoms. The number of hydrogen-bond donors (Lipinski definition) is 0. The topological polar surface area (TPSA) is 56.6 Å². The van der Waals surface area contributed by atoms with Crippen molar-refractivity contribution >= 4 is 45.3 Å². The lowest BCUT2D eigenvalue weighted by atomic mass is 10.0. The van der Waals surface area contributed by atoms with Crippen molar-refractivity contribution in [3.8, 4) is 16.9 Å². The molecule has 0 amide bonds. The van der Waals surface area contributed by atoms with Crippen LogP contribution < -0.4 is 10.4 Å². The van der Waals surface area contributed by atoms with Gasteiger partial charge in [-0.1, -0.05) is 60.7 Å². The maximum absolute atomic E-state index is 13.5. The number of para-hydroxylation sites is 1. The van der Waals surface area contributed by atoms with Gasteiger partial charge in [0.15, 0.2) is 5.69 Å². The van der Waals surface area contributed by atoms with Gasteiger partial charge in [-0.15, -0.1) is 11.3 Å². The molecule has 182 valence electrons. The minimum absolute atomic E-state index is 0.167. The molecule has 0 aliphatic heterocycles. The number of fused-ring (bicyclic) bond motifs is 1. The zero-order valence-electron chi connectivity index (χ0n) is 20.3. The van der Waals surface area contributed by atoms with Gasteiger partial charge in [-0.05, 0) is 46.7 Å². The molecule has 0 saturated carbocycles. The molecule has 0 fully saturated rings. The predicted molar refractivity (Wildman–Crippen MR) is 154 cm³/mol. The maximum atomic E-state index is 13.5. The van der Waals surface area contributed by atoms with E-state index in [-0.39, 0.29) is 5.56 Å². The standard InChI is InChI=1S/C29H23N5OS2/c1-20-27(28(35)34(32(20)2)23-11-4-3-5-12-23)31-29-33(30-17-21-15-16-36-18-21)26(19-37-29)25-14-8-10-22-9-6-7-13-24(22)25/h3-19H,1-2H3. The van der Waals surface area contributed by atoms with Crippen molar-refractivity contribution < 1.29 is 0 Å². The molecule has 0 atom stereocenters. The van der Waals surface area contributed by atoms with Gasteiger partial charge < -0.3 is 0 Å². The number of benzene rings is 3. The summed E-state index contributed by atoms with van der Waals surface area (Å²) in [7, 11) is 1.88. The van der Waals surface area contributed by atoms with E-state index in [9.17, 15) is 4.79 Å². The Hall–Kier alpha value is -4.27. The highest BCUT2D eigenvalue weighted by molar-refractivity contribution is 7.08. The molecular weight excluding hydrogens is 498 g/mol. The van der Waals surface area contributed by atoms with Gasteiger partial charge in [-0.2, -0.15) is 16.4 Å². The Morgan fingerprint density at radius 1 is 0.892 bits per heavy atom. The minimum Gasteiger partial charge on any atom is -0.283 e. The van der Waals surface area contributed by atoms with Crippen molar-refractivity contribution in [3.05, 3.63) is 121 Å². The second-order valence-electron chi connectivity index (χ2n) is 8.57. The number of aromatic nitrogens is 3. The fourth-order valence-corrected chi connectivity index (χ4v) is 5.82. The van der Waals surface area contributed by atoms with E-state index in [1.807, 2.05) is 88.8 Å². The smallest absolute Gasteiger partial charge is 0.283 e. The molecule has 0 radical (unpaired) electrons. The number of thiophene rings is 1. The first-order valence-corrected chi connectivity index (χ1v) is 13.6. The van der Waals surface area contributed by atoms with Crippen LogP contribution in [0.4, 0.5) is 5.69 Å². The molecule has 3 heterocycles. The van der Waals surface area contributed by atoms with Gasteiger partial charge in [0, 0.05) is 23.6 Å². The first-order valence-electron chi connectivity index (χ1n) is 11.8. The summed E-state index contributed by atoms with van der Waals surface area (Å²) in [6.45, 7) is 1.91. The van der Waals surface area contributed by atoms with Gasteiger partial charge in [0.05, 0.1) is 23.3 Å². The second-order valence-corrected chi connectivity index (χ2v) is 10.2. The van der Waals surface area contributed by atoms with Crippen LogP contribution in [-0.4, -0.2) is 20.3 Å². The third-order valence-electron chi connectivity index (χ3n) is 6.35. The third-order valence-corrected chi connectivity index (χ3v) is 7.87. The average Bonchev–Trinajstić information content (AvgIpc) is 3.64. The molecule has 0 aliphatic rings. The molecule has 0 spiro atoms. The number of nitrogens with zero attached hydrogens (tertiary/aromatic N) is 5. The summed E-state index contributed by atoms with van der Waals surface area (Å²) >= 11 is 3.09. The van der Waals surface area contributed by atoms with Crippen molar-refractivity contribution in [3.63, 3.8) is 0 Å².